The first-order valence-corrected chi connectivity index (χ1v) is 6.91. The van der Waals surface area contributed by atoms with Gasteiger partial charge in [-0.25, -0.2) is 0 Å². The van der Waals surface area contributed by atoms with Crippen LogP contribution in [0, 0.1) is 19.8 Å². The monoisotopic (exact) mass is 248 g/mol. The van der Waals surface area contributed by atoms with E-state index in [4.69, 9.17) is 0 Å². The molecule has 18 heavy (non-hydrogen) atoms. The molecule has 1 aromatic rings. The third-order valence-corrected chi connectivity index (χ3v) is 4.04. The van der Waals surface area contributed by atoms with Crippen molar-refractivity contribution < 1.29 is 4.79 Å². The summed E-state index contributed by atoms with van der Waals surface area (Å²) in [6.45, 7) is 10.1. The molecular formula is C15H24N2O. The lowest BCUT2D eigenvalue weighted by Crippen LogP contribution is -2.43. The number of aromatic nitrogens is 1. The highest BCUT2D eigenvalue weighted by Gasteiger charge is 2.25. The van der Waals surface area contributed by atoms with Gasteiger partial charge in [-0.05, 0) is 45.6 Å². The van der Waals surface area contributed by atoms with Gasteiger partial charge in [0.15, 0.2) is 5.78 Å². The van der Waals surface area contributed by atoms with E-state index in [0.29, 0.717) is 18.5 Å². The van der Waals surface area contributed by atoms with Crippen molar-refractivity contribution in [3.63, 3.8) is 0 Å². The Morgan fingerprint density at radius 2 is 2.11 bits per heavy atom. The molecule has 1 saturated heterocycles. The number of hydrogen-bond donors (Lipinski definition) is 1. The second-order valence-electron chi connectivity index (χ2n) is 5.88. The minimum absolute atomic E-state index is 0.248. The van der Waals surface area contributed by atoms with Crippen LogP contribution in [0.3, 0.4) is 0 Å². The quantitative estimate of drug-likeness (QED) is 0.835. The summed E-state index contributed by atoms with van der Waals surface area (Å²) >= 11 is 0. The zero-order valence-electron chi connectivity index (χ0n) is 11.9. The molecule has 0 aliphatic carbocycles. The lowest BCUT2D eigenvalue weighted by Gasteiger charge is -2.36. The molecule has 2 heterocycles. The van der Waals surface area contributed by atoms with Gasteiger partial charge < -0.3 is 4.98 Å². The lowest BCUT2D eigenvalue weighted by molar-refractivity contribution is 0.0805. The molecule has 0 saturated carbocycles. The Morgan fingerprint density at radius 1 is 1.39 bits per heavy atom. The number of H-pyrrole nitrogens is 1. The van der Waals surface area contributed by atoms with Crippen molar-refractivity contribution in [3.8, 4) is 0 Å². The summed E-state index contributed by atoms with van der Waals surface area (Å²) in [6.07, 6.45) is 2.49. The zero-order chi connectivity index (χ0) is 13.3. The van der Waals surface area contributed by atoms with Gasteiger partial charge in [0.2, 0.25) is 0 Å². The van der Waals surface area contributed by atoms with Gasteiger partial charge in [0.25, 0.3) is 0 Å². The Kier molecular flexibility index (Phi) is 3.91. The molecule has 1 aromatic heterocycles. The van der Waals surface area contributed by atoms with E-state index in [1.807, 2.05) is 19.9 Å². The molecule has 1 N–H and O–H groups in total. The Balaban J connectivity index is 2.04. The highest BCUT2D eigenvalue weighted by atomic mass is 16.1. The molecule has 3 nitrogen and oxygen atoms in total. The van der Waals surface area contributed by atoms with Crippen molar-refractivity contribution >= 4 is 5.78 Å². The van der Waals surface area contributed by atoms with E-state index in [9.17, 15) is 4.79 Å². The van der Waals surface area contributed by atoms with Gasteiger partial charge in [-0.3, -0.25) is 9.69 Å². The highest BCUT2D eigenvalue weighted by molar-refractivity contribution is 5.98. The summed E-state index contributed by atoms with van der Waals surface area (Å²) in [5.74, 6) is 0.959. The van der Waals surface area contributed by atoms with Crippen molar-refractivity contribution in [2.24, 2.45) is 5.92 Å². The zero-order valence-corrected chi connectivity index (χ0v) is 11.9. The van der Waals surface area contributed by atoms with E-state index in [-0.39, 0.29) is 5.78 Å². The van der Waals surface area contributed by atoms with E-state index in [1.165, 1.54) is 12.8 Å². The number of aryl methyl sites for hydroxylation is 2. The molecule has 1 fully saturated rings. The predicted molar refractivity (Wildman–Crippen MR) is 74.0 cm³/mol. The van der Waals surface area contributed by atoms with Crippen molar-refractivity contribution in [1.29, 1.82) is 0 Å². The van der Waals surface area contributed by atoms with Gasteiger partial charge in [0, 0.05) is 29.5 Å². The first-order chi connectivity index (χ1) is 8.47. The number of nitrogens with one attached hydrogen (secondary N) is 1. The van der Waals surface area contributed by atoms with Gasteiger partial charge >= 0.3 is 0 Å². The van der Waals surface area contributed by atoms with Crippen LogP contribution in [0.2, 0.25) is 0 Å². The summed E-state index contributed by atoms with van der Waals surface area (Å²) in [7, 11) is 0. The third kappa shape index (κ3) is 2.83. The summed E-state index contributed by atoms with van der Waals surface area (Å²) in [4.78, 5) is 17.9. The Morgan fingerprint density at radius 3 is 2.72 bits per heavy atom. The number of carbonyl (C=O) groups is 1. The molecular weight excluding hydrogens is 224 g/mol. The van der Waals surface area contributed by atoms with Gasteiger partial charge in [-0.15, -0.1) is 0 Å². The fraction of sp³-hybridized carbons (Fsp3) is 0.667. The maximum absolute atomic E-state index is 12.3. The molecule has 1 aliphatic rings. The van der Waals surface area contributed by atoms with Crippen LogP contribution in [-0.2, 0) is 0 Å². The van der Waals surface area contributed by atoms with Gasteiger partial charge in [0.05, 0.1) is 6.54 Å². The standard InChI is InChI=1S/C15H24N2O/c1-10-5-6-12(3)17(8-10)9-15(18)14-7-11(2)16-13(14)4/h7,10,12,16H,5-6,8-9H2,1-4H3. The predicted octanol–water partition coefficient (Wildman–Crippen LogP) is 2.93. The van der Waals surface area contributed by atoms with Crippen molar-refractivity contribution in [3.05, 3.63) is 23.0 Å². The van der Waals surface area contributed by atoms with Crippen LogP contribution in [0.15, 0.2) is 6.07 Å². The normalized spacial score (nSPS) is 25.3. The lowest BCUT2D eigenvalue weighted by atomic mass is 9.94. The first-order valence-electron chi connectivity index (χ1n) is 6.91. The largest absolute Gasteiger partial charge is 0.362 e. The Labute approximate surface area is 110 Å². The number of nitrogens with zero attached hydrogens (tertiary/aromatic N) is 1. The van der Waals surface area contributed by atoms with Gasteiger partial charge in [-0.1, -0.05) is 6.92 Å². The molecule has 2 rings (SSSR count). The molecule has 2 unspecified atom stereocenters. The number of aromatic amines is 1. The fourth-order valence-electron chi connectivity index (χ4n) is 2.88. The van der Waals surface area contributed by atoms with Crippen LogP contribution in [0.4, 0.5) is 0 Å². The number of piperidine rings is 1. The van der Waals surface area contributed by atoms with Gasteiger partial charge in [0.1, 0.15) is 0 Å². The smallest absolute Gasteiger partial charge is 0.178 e. The average molecular weight is 248 g/mol. The van der Waals surface area contributed by atoms with E-state index in [1.54, 1.807) is 0 Å². The van der Waals surface area contributed by atoms with Crippen molar-refractivity contribution in [2.75, 3.05) is 13.1 Å². The molecule has 0 radical (unpaired) electrons. The van der Waals surface area contributed by atoms with Crippen LogP contribution in [0.1, 0.15) is 48.4 Å². The van der Waals surface area contributed by atoms with Crippen LogP contribution in [-0.4, -0.2) is 34.8 Å². The maximum atomic E-state index is 12.3. The number of carbonyl (C=O) groups excluding carboxylic acids is 1. The van der Waals surface area contributed by atoms with Gasteiger partial charge in [-0.2, -0.15) is 0 Å². The fourth-order valence-corrected chi connectivity index (χ4v) is 2.88. The third-order valence-electron chi connectivity index (χ3n) is 4.04. The van der Waals surface area contributed by atoms with Crippen molar-refractivity contribution in [2.45, 2.75) is 46.6 Å². The molecule has 0 aromatic carbocycles. The Hall–Kier alpha value is -1.09. The molecule has 2 atom stereocenters. The second-order valence-corrected chi connectivity index (χ2v) is 5.88. The molecule has 0 amide bonds. The van der Waals surface area contributed by atoms with Crippen LogP contribution in [0.5, 0.6) is 0 Å². The topological polar surface area (TPSA) is 36.1 Å². The summed E-state index contributed by atoms with van der Waals surface area (Å²) in [5.41, 5.74) is 2.92. The van der Waals surface area contributed by atoms with E-state index in [0.717, 1.165) is 23.5 Å². The highest BCUT2D eigenvalue weighted by Crippen LogP contribution is 2.22. The van der Waals surface area contributed by atoms with Crippen LogP contribution >= 0.6 is 0 Å². The molecule has 0 spiro atoms. The number of rotatable bonds is 3. The molecule has 0 bridgehead atoms. The average Bonchev–Trinajstić information content (AvgIpc) is 2.63. The first kappa shape index (κ1) is 13.3. The minimum atomic E-state index is 0.248. The summed E-state index contributed by atoms with van der Waals surface area (Å²) < 4.78 is 0. The van der Waals surface area contributed by atoms with Crippen molar-refractivity contribution in [1.82, 2.24) is 9.88 Å². The molecule has 100 valence electrons. The number of likely N-dealkylation sites (tertiary alicyclic amines) is 1. The second kappa shape index (κ2) is 5.27. The Bertz CT molecular complexity index is 436. The molecule has 1 aliphatic heterocycles. The summed E-state index contributed by atoms with van der Waals surface area (Å²) in [5, 5.41) is 0. The van der Waals surface area contributed by atoms with Crippen LogP contribution < -0.4 is 0 Å². The number of Topliss-reactive ketones (excluding diaryl/α,β-unsaturated/α-hetero) is 1. The van der Waals surface area contributed by atoms with E-state index < -0.39 is 0 Å². The summed E-state index contributed by atoms with van der Waals surface area (Å²) in [6, 6.07) is 2.50. The maximum Gasteiger partial charge on any atom is 0.178 e. The number of hydrogen-bond acceptors (Lipinski definition) is 2. The van der Waals surface area contributed by atoms with E-state index in [2.05, 4.69) is 23.7 Å². The number of ketones is 1. The molecule has 3 heteroatoms. The minimum Gasteiger partial charge on any atom is -0.362 e. The SMILES string of the molecule is Cc1cc(C(=O)CN2CC(C)CCC2C)c(C)[nH]1. The van der Waals surface area contributed by atoms with E-state index >= 15 is 0 Å². The van der Waals surface area contributed by atoms with Crippen LogP contribution in [0.25, 0.3) is 0 Å².